The molecule has 2 unspecified atom stereocenters. The lowest BCUT2D eigenvalue weighted by Gasteiger charge is -2.38. The van der Waals surface area contributed by atoms with Gasteiger partial charge in [0.1, 0.15) is 0 Å². The molecule has 2 N–H and O–H groups in total. The molecule has 7 nitrogen and oxygen atoms in total. The predicted octanol–water partition coefficient (Wildman–Crippen LogP) is 1.46. The van der Waals surface area contributed by atoms with E-state index in [2.05, 4.69) is 9.88 Å². The van der Waals surface area contributed by atoms with Crippen molar-refractivity contribution in [2.75, 3.05) is 12.0 Å². The monoisotopic (exact) mass is 278 g/mol. The van der Waals surface area contributed by atoms with Crippen molar-refractivity contribution >= 4 is 11.5 Å². The van der Waals surface area contributed by atoms with E-state index >= 15 is 0 Å². The summed E-state index contributed by atoms with van der Waals surface area (Å²) in [6, 6.07) is 3.69. The number of hydrogen-bond donors (Lipinski definition) is 1. The molecule has 108 valence electrons. The predicted molar refractivity (Wildman–Crippen MR) is 73.9 cm³/mol. The molecule has 0 amide bonds. The SMILES string of the molecule is COc1ccc([N+](=O)[O-])c(N2C3CCC2CC(N)C3)n1. The van der Waals surface area contributed by atoms with Crippen LogP contribution in [0.15, 0.2) is 12.1 Å². The highest BCUT2D eigenvalue weighted by atomic mass is 16.6. The molecule has 0 saturated carbocycles. The third kappa shape index (κ3) is 2.07. The number of hydrogen-bond acceptors (Lipinski definition) is 6. The number of fused-ring (bicyclic) bond motifs is 2. The quantitative estimate of drug-likeness (QED) is 0.664. The van der Waals surface area contributed by atoms with E-state index in [1.54, 1.807) is 0 Å². The first-order valence-corrected chi connectivity index (χ1v) is 6.83. The molecule has 0 spiro atoms. The number of rotatable bonds is 3. The van der Waals surface area contributed by atoms with Gasteiger partial charge in [0, 0.05) is 30.3 Å². The van der Waals surface area contributed by atoms with Gasteiger partial charge in [-0.05, 0) is 25.7 Å². The van der Waals surface area contributed by atoms with Crippen LogP contribution in [0.2, 0.25) is 0 Å². The van der Waals surface area contributed by atoms with Gasteiger partial charge in [0.05, 0.1) is 12.0 Å². The largest absolute Gasteiger partial charge is 0.481 e. The minimum atomic E-state index is -0.379. The van der Waals surface area contributed by atoms with Gasteiger partial charge in [-0.15, -0.1) is 0 Å². The van der Waals surface area contributed by atoms with Crippen LogP contribution in [0.3, 0.4) is 0 Å². The second kappa shape index (κ2) is 4.90. The lowest BCUT2D eigenvalue weighted by Crippen LogP contribution is -2.48. The van der Waals surface area contributed by atoms with Crippen LogP contribution >= 0.6 is 0 Å². The van der Waals surface area contributed by atoms with Crippen LogP contribution in [0.1, 0.15) is 25.7 Å². The number of piperidine rings is 1. The maximum Gasteiger partial charge on any atom is 0.311 e. The molecule has 2 saturated heterocycles. The molecule has 1 aromatic rings. The Morgan fingerprint density at radius 1 is 1.40 bits per heavy atom. The van der Waals surface area contributed by atoms with Gasteiger partial charge in [0.15, 0.2) is 0 Å². The summed E-state index contributed by atoms with van der Waals surface area (Å²) < 4.78 is 5.11. The second-order valence-corrected chi connectivity index (χ2v) is 5.48. The molecular formula is C13H18N4O3. The van der Waals surface area contributed by atoms with Crippen LogP contribution in [0.4, 0.5) is 11.5 Å². The van der Waals surface area contributed by atoms with Gasteiger partial charge < -0.3 is 15.4 Å². The van der Waals surface area contributed by atoms with Crippen molar-refractivity contribution in [3.63, 3.8) is 0 Å². The zero-order valence-electron chi connectivity index (χ0n) is 11.4. The Hall–Kier alpha value is -1.89. The van der Waals surface area contributed by atoms with E-state index in [0.29, 0.717) is 11.7 Å². The Labute approximate surface area is 116 Å². The molecular weight excluding hydrogens is 260 g/mol. The number of anilines is 1. The highest BCUT2D eigenvalue weighted by molar-refractivity contribution is 5.61. The lowest BCUT2D eigenvalue weighted by molar-refractivity contribution is -0.384. The lowest BCUT2D eigenvalue weighted by atomic mass is 9.98. The average Bonchev–Trinajstić information content (AvgIpc) is 2.70. The first-order valence-electron chi connectivity index (χ1n) is 6.83. The van der Waals surface area contributed by atoms with Crippen molar-refractivity contribution in [2.24, 2.45) is 5.73 Å². The van der Waals surface area contributed by atoms with E-state index in [4.69, 9.17) is 10.5 Å². The molecule has 0 radical (unpaired) electrons. The molecule has 3 heterocycles. The molecule has 1 aromatic heterocycles. The second-order valence-electron chi connectivity index (χ2n) is 5.48. The highest BCUT2D eigenvalue weighted by Gasteiger charge is 2.42. The minimum Gasteiger partial charge on any atom is -0.481 e. The van der Waals surface area contributed by atoms with E-state index in [1.165, 1.54) is 19.2 Å². The third-order valence-corrected chi connectivity index (χ3v) is 4.25. The fourth-order valence-corrected chi connectivity index (χ4v) is 3.43. The number of aromatic nitrogens is 1. The van der Waals surface area contributed by atoms with Gasteiger partial charge in [0.25, 0.3) is 0 Å². The molecule has 2 atom stereocenters. The third-order valence-electron chi connectivity index (χ3n) is 4.25. The molecule has 2 aliphatic heterocycles. The summed E-state index contributed by atoms with van der Waals surface area (Å²) in [4.78, 5) is 17.3. The van der Waals surface area contributed by atoms with E-state index in [1.807, 2.05) is 0 Å². The average molecular weight is 278 g/mol. The number of methoxy groups -OCH3 is 1. The molecule has 2 fully saturated rings. The van der Waals surface area contributed by atoms with Crippen molar-refractivity contribution < 1.29 is 9.66 Å². The highest BCUT2D eigenvalue weighted by Crippen LogP contribution is 2.42. The minimum absolute atomic E-state index is 0.0400. The van der Waals surface area contributed by atoms with E-state index in [-0.39, 0.29) is 28.7 Å². The molecule has 2 aliphatic rings. The summed E-state index contributed by atoms with van der Waals surface area (Å²) >= 11 is 0. The number of nitrogens with two attached hydrogens (primary N) is 1. The smallest absolute Gasteiger partial charge is 0.311 e. The number of ether oxygens (including phenoxy) is 1. The topological polar surface area (TPSA) is 94.5 Å². The van der Waals surface area contributed by atoms with Gasteiger partial charge in [-0.2, -0.15) is 4.98 Å². The summed E-state index contributed by atoms with van der Waals surface area (Å²) in [7, 11) is 1.51. The summed E-state index contributed by atoms with van der Waals surface area (Å²) in [6.07, 6.45) is 3.78. The Balaban J connectivity index is 2.02. The number of pyridine rings is 1. The van der Waals surface area contributed by atoms with Crippen LogP contribution < -0.4 is 15.4 Å². The molecule has 3 rings (SSSR count). The van der Waals surface area contributed by atoms with Gasteiger partial charge in [0.2, 0.25) is 11.7 Å². The summed E-state index contributed by atoms with van der Waals surface area (Å²) in [5, 5.41) is 11.2. The summed E-state index contributed by atoms with van der Waals surface area (Å²) in [5.41, 5.74) is 6.08. The molecule has 2 bridgehead atoms. The van der Waals surface area contributed by atoms with Crippen molar-refractivity contribution in [3.05, 3.63) is 22.2 Å². The molecule has 0 aromatic carbocycles. The number of nitrogens with zero attached hydrogens (tertiary/aromatic N) is 3. The normalized spacial score (nSPS) is 28.5. The van der Waals surface area contributed by atoms with Crippen LogP contribution in [0.25, 0.3) is 0 Å². The zero-order valence-corrected chi connectivity index (χ0v) is 11.4. The van der Waals surface area contributed by atoms with E-state index in [0.717, 1.165) is 25.7 Å². The van der Waals surface area contributed by atoms with Gasteiger partial charge in [-0.25, -0.2) is 0 Å². The van der Waals surface area contributed by atoms with Crippen LogP contribution in [0.5, 0.6) is 5.88 Å². The van der Waals surface area contributed by atoms with Crippen molar-refractivity contribution in [1.82, 2.24) is 4.98 Å². The van der Waals surface area contributed by atoms with Crippen LogP contribution in [-0.4, -0.2) is 35.1 Å². The van der Waals surface area contributed by atoms with Crippen LogP contribution in [0, 0.1) is 10.1 Å². The summed E-state index contributed by atoms with van der Waals surface area (Å²) in [5.74, 6) is 0.827. The van der Waals surface area contributed by atoms with E-state index in [9.17, 15) is 10.1 Å². The molecule has 7 heteroatoms. The Kier molecular flexibility index (Phi) is 3.21. The van der Waals surface area contributed by atoms with E-state index < -0.39 is 0 Å². The standard InChI is InChI=1S/C13H18N4O3/c1-20-12-5-4-11(17(18)19)13(15-12)16-9-2-3-10(16)7-8(14)6-9/h4-5,8-10H,2-3,6-7,14H2,1H3. The Morgan fingerprint density at radius 3 is 2.60 bits per heavy atom. The number of nitro groups is 1. The van der Waals surface area contributed by atoms with Crippen LogP contribution in [-0.2, 0) is 0 Å². The van der Waals surface area contributed by atoms with Gasteiger partial charge in [-0.1, -0.05) is 0 Å². The van der Waals surface area contributed by atoms with Crippen molar-refractivity contribution in [2.45, 2.75) is 43.8 Å². The Morgan fingerprint density at radius 2 is 2.05 bits per heavy atom. The maximum atomic E-state index is 11.2. The molecule has 0 aliphatic carbocycles. The fraction of sp³-hybridized carbons (Fsp3) is 0.615. The maximum absolute atomic E-state index is 11.2. The first kappa shape index (κ1) is 13.1. The first-order chi connectivity index (χ1) is 9.60. The zero-order chi connectivity index (χ0) is 14.3. The van der Waals surface area contributed by atoms with Crippen molar-refractivity contribution in [1.29, 1.82) is 0 Å². The Bertz CT molecular complexity index is 522. The van der Waals surface area contributed by atoms with Gasteiger partial charge in [-0.3, -0.25) is 10.1 Å². The fourth-order valence-electron chi connectivity index (χ4n) is 3.43. The van der Waals surface area contributed by atoms with Gasteiger partial charge >= 0.3 is 5.69 Å². The molecule has 20 heavy (non-hydrogen) atoms. The summed E-state index contributed by atoms with van der Waals surface area (Å²) in [6.45, 7) is 0. The van der Waals surface area contributed by atoms with Crippen molar-refractivity contribution in [3.8, 4) is 5.88 Å².